The number of halogens is 1. The lowest BCUT2D eigenvalue weighted by atomic mass is 10.0. The summed E-state index contributed by atoms with van der Waals surface area (Å²) < 4.78 is 18.5. The molecular weight excluding hydrogens is 225 g/mol. The minimum absolute atomic E-state index is 0.0337. The van der Waals surface area contributed by atoms with E-state index in [1.807, 2.05) is 13.8 Å². The van der Waals surface area contributed by atoms with Crippen LogP contribution in [0.3, 0.4) is 0 Å². The Morgan fingerprint density at radius 2 is 2.18 bits per heavy atom. The summed E-state index contributed by atoms with van der Waals surface area (Å²) in [5, 5.41) is 0. The van der Waals surface area contributed by atoms with Crippen molar-refractivity contribution in [2.24, 2.45) is 5.92 Å². The fourth-order valence-electron chi connectivity index (χ4n) is 1.91. The van der Waals surface area contributed by atoms with Gasteiger partial charge in [0.25, 0.3) is 0 Å². The van der Waals surface area contributed by atoms with Gasteiger partial charge in [-0.25, -0.2) is 9.18 Å². The maximum Gasteiger partial charge on any atom is 0.345 e. The third-order valence-corrected chi connectivity index (χ3v) is 3.34. The second kappa shape index (κ2) is 5.47. The molecule has 0 bridgehead atoms. The van der Waals surface area contributed by atoms with Gasteiger partial charge in [-0.2, -0.15) is 0 Å². The van der Waals surface area contributed by atoms with Gasteiger partial charge >= 0.3 is 5.97 Å². The van der Waals surface area contributed by atoms with E-state index in [4.69, 9.17) is 0 Å². The number of hydrogen-bond donors (Lipinski definition) is 0. The Morgan fingerprint density at radius 3 is 2.71 bits per heavy atom. The molecule has 1 fully saturated rings. The molecule has 0 spiro atoms. The summed E-state index contributed by atoms with van der Waals surface area (Å²) in [6.07, 6.45) is 1.36. The molecule has 17 heavy (non-hydrogen) atoms. The Labute approximate surface area is 101 Å². The van der Waals surface area contributed by atoms with Crippen LogP contribution in [-0.4, -0.2) is 42.6 Å². The summed E-state index contributed by atoms with van der Waals surface area (Å²) in [6, 6.07) is 0. The predicted molar refractivity (Wildman–Crippen MR) is 61.1 cm³/mol. The maximum atomic E-state index is 14.1. The first-order chi connectivity index (χ1) is 7.92. The Morgan fingerprint density at radius 1 is 1.53 bits per heavy atom. The van der Waals surface area contributed by atoms with Crippen LogP contribution in [0, 0.1) is 5.92 Å². The van der Waals surface area contributed by atoms with Crippen molar-refractivity contribution in [3.63, 3.8) is 0 Å². The number of hydrogen-bond acceptors (Lipinski definition) is 3. The number of carbonyl (C=O) groups is 2. The number of nitrogens with zero attached hydrogens (tertiary/aromatic N) is 1. The van der Waals surface area contributed by atoms with Crippen molar-refractivity contribution >= 4 is 11.9 Å². The van der Waals surface area contributed by atoms with Crippen molar-refractivity contribution in [3.8, 4) is 0 Å². The van der Waals surface area contributed by atoms with Crippen molar-refractivity contribution < 1.29 is 18.7 Å². The second-order valence-electron chi connectivity index (χ2n) is 4.74. The molecule has 1 heterocycles. The first-order valence-corrected chi connectivity index (χ1v) is 5.98. The summed E-state index contributed by atoms with van der Waals surface area (Å²) in [5.74, 6) is -0.672. The van der Waals surface area contributed by atoms with Crippen LogP contribution in [0.15, 0.2) is 0 Å². The van der Waals surface area contributed by atoms with E-state index in [0.29, 0.717) is 13.0 Å². The lowest BCUT2D eigenvalue weighted by Gasteiger charge is -2.20. The number of esters is 1. The van der Waals surface area contributed by atoms with Crippen LogP contribution >= 0.6 is 0 Å². The van der Waals surface area contributed by atoms with Crippen LogP contribution in [0.2, 0.25) is 0 Å². The van der Waals surface area contributed by atoms with Crippen LogP contribution in [-0.2, 0) is 14.3 Å². The first-order valence-electron chi connectivity index (χ1n) is 5.98. The average Bonchev–Trinajstić information content (AvgIpc) is 2.72. The number of amides is 1. The van der Waals surface area contributed by atoms with Gasteiger partial charge in [0.1, 0.15) is 0 Å². The van der Waals surface area contributed by atoms with Gasteiger partial charge < -0.3 is 9.64 Å². The summed E-state index contributed by atoms with van der Waals surface area (Å²) in [6.45, 7) is 4.11. The summed E-state index contributed by atoms with van der Waals surface area (Å²) in [4.78, 5) is 24.5. The van der Waals surface area contributed by atoms with Gasteiger partial charge in [0.05, 0.1) is 13.7 Å². The number of rotatable bonds is 4. The molecule has 98 valence electrons. The van der Waals surface area contributed by atoms with E-state index in [-0.39, 0.29) is 24.8 Å². The van der Waals surface area contributed by atoms with E-state index in [2.05, 4.69) is 4.74 Å². The number of carbonyl (C=O) groups excluding carboxylic acids is 2. The molecule has 0 aromatic heterocycles. The average molecular weight is 245 g/mol. The molecule has 1 aliphatic rings. The van der Waals surface area contributed by atoms with E-state index in [1.54, 1.807) is 0 Å². The zero-order chi connectivity index (χ0) is 13.1. The van der Waals surface area contributed by atoms with Crippen LogP contribution < -0.4 is 0 Å². The van der Waals surface area contributed by atoms with Crippen LogP contribution in [0.25, 0.3) is 0 Å². The lowest BCUT2D eigenvalue weighted by Crippen LogP contribution is -2.40. The van der Waals surface area contributed by atoms with Crippen molar-refractivity contribution in [3.05, 3.63) is 0 Å². The molecule has 5 heteroatoms. The van der Waals surface area contributed by atoms with Gasteiger partial charge in [-0.15, -0.1) is 0 Å². The SMILES string of the molecule is CC[C@@H](C)CC(=O)N1CC[C@](F)(C(=O)OC)C1. The normalized spacial score (nSPS) is 25.8. The van der Waals surface area contributed by atoms with Crippen molar-refractivity contribution in [1.29, 1.82) is 0 Å². The van der Waals surface area contributed by atoms with E-state index >= 15 is 0 Å². The van der Waals surface area contributed by atoms with Crippen LogP contribution in [0.1, 0.15) is 33.1 Å². The molecule has 0 N–H and O–H groups in total. The molecule has 0 radical (unpaired) electrons. The maximum absolute atomic E-state index is 14.1. The summed E-state index contributed by atoms with van der Waals surface area (Å²) in [7, 11) is 1.16. The zero-order valence-electron chi connectivity index (χ0n) is 10.7. The zero-order valence-corrected chi connectivity index (χ0v) is 10.7. The van der Waals surface area contributed by atoms with Gasteiger partial charge in [-0.3, -0.25) is 4.79 Å². The third-order valence-electron chi connectivity index (χ3n) is 3.34. The van der Waals surface area contributed by atoms with E-state index in [1.165, 1.54) is 4.90 Å². The smallest absolute Gasteiger partial charge is 0.345 e. The van der Waals surface area contributed by atoms with Gasteiger partial charge in [-0.05, 0) is 5.92 Å². The third kappa shape index (κ3) is 3.17. The first kappa shape index (κ1) is 13.9. The Balaban J connectivity index is 2.55. The molecule has 1 saturated heterocycles. The monoisotopic (exact) mass is 245 g/mol. The summed E-state index contributed by atoms with van der Waals surface area (Å²) in [5.41, 5.74) is -2.01. The molecule has 0 aliphatic carbocycles. The highest BCUT2D eigenvalue weighted by molar-refractivity contribution is 5.83. The molecule has 0 saturated carbocycles. The molecule has 1 amide bonds. The molecule has 2 atom stereocenters. The molecule has 0 aromatic carbocycles. The largest absolute Gasteiger partial charge is 0.467 e. The Bertz CT molecular complexity index is 308. The van der Waals surface area contributed by atoms with Gasteiger partial charge in [0.2, 0.25) is 11.6 Å². The molecule has 4 nitrogen and oxygen atoms in total. The Hall–Kier alpha value is -1.13. The van der Waals surface area contributed by atoms with Crippen molar-refractivity contribution in [1.82, 2.24) is 4.90 Å². The second-order valence-corrected chi connectivity index (χ2v) is 4.74. The standard InChI is InChI=1S/C12H20FNO3/c1-4-9(2)7-10(15)14-6-5-12(13,8-14)11(16)17-3/h9H,4-8H2,1-3H3/t9-,12-/m1/s1. The molecule has 0 unspecified atom stereocenters. The molecule has 0 aromatic rings. The van der Waals surface area contributed by atoms with Crippen molar-refractivity contribution in [2.45, 2.75) is 38.8 Å². The number of alkyl halides is 1. The minimum atomic E-state index is -2.01. The minimum Gasteiger partial charge on any atom is -0.467 e. The van der Waals surface area contributed by atoms with Gasteiger partial charge in [0.15, 0.2) is 0 Å². The van der Waals surface area contributed by atoms with Crippen LogP contribution in [0.4, 0.5) is 4.39 Å². The molecule has 1 rings (SSSR count). The van der Waals surface area contributed by atoms with Crippen LogP contribution in [0.5, 0.6) is 0 Å². The quantitative estimate of drug-likeness (QED) is 0.706. The molecule has 1 aliphatic heterocycles. The highest BCUT2D eigenvalue weighted by atomic mass is 19.1. The van der Waals surface area contributed by atoms with Gasteiger partial charge in [-0.1, -0.05) is 20.3 Å². The predicted octanol–water partition coefficient (Wildman–Crippen LogP) is 1.54. The topological polar surface area (TPSA) is 46.6 Å². The fraction of sp³-hybridized carbons (Fsp3) is 0.833. The fourth-order valence-corrected chi connectivity index (χ4v) is 1.91. The lowest BCUT2D eigenvalue weighted by molar-refractivity contribution is -0.154. The Kier molecular flexibility index (Phi) is 4.48. The van der Waals surface area contributed by atoms with E-state index < -0.39 is 11.6 Å². The van der Waals surface area contributed by atoms with E-state index in [9.17, 15) is 14.0 Å². The summed E-state index contributed by atoms with van der Waals surface area (Å²) >= 11 is 0. The highest BCUT2D eigenvalue weighted by Gasteiger charge is 2.47. The molecular formula is C12H20FNO3. The highest BCUT2D eigenvalue weighted by Crippen LogP contribution is 2.28. The number of methoxy groups -OCH3 is 1. The van der Waals surface area contributed by atoms with Gasteiger partial charge in [0, 0.05) is 19.4 Å². The number of ether oxygens (including phenoxy) is 1. The van der Waals surface area contributed by atoms with Crippen molar-refractivity contribution in [2.75, 3.05) is 20.2 Å². The number of likely N-dealkylation sites (tertiary alicyclic amines) is 1. The van der Waals surface area contributed by atoms with E-state index in [0.717, 1.165) is 13.5 Å².